The maximum atomic E-state index is 3.39. The molecule has 0 atom stereocenters. The molecule has 0 bridgehead atoms. The molecular weight excluding hydrogens is 176 g/mol. The van der Waals surface area contributed by atoms with Crippen LogP contribution >= 0.6 is 11.3 Å². The van der Waals surface area contributed by atoms with Crippen molar-refractivity contribution in [2.24, 2.45) is 0 Å². The Hall–Kier alpha value is -0.300. The van der Waals surface area contributed by atoms with Crippen LogP contribution in [0.15, 0.2) is 5.38 Å². The molecule has 1 aromatic rings. The van der Waals surface area contributed by atoms with Crippen molar-refractivity contribution in [3.63, 3.8) is 0 Å². The molecule has 0 saturated carbocycles. The normalized spacial score (nSPS) is 13.4. The molecule has 0 nitrogen and oxygen atoms in total. The zero-order valence-corrected chi connectivity index (χ0v) is 10.3. The van der Waals surface area contributed by atoms with Crippen molar-refractivity contribution in [3.8, 4) is 0 Å². The minimum absolute atomic E-state index is 0.225. The monoisotopic (exact) mass is 195 g/mol. The average Bonchev–Trinajstić information content (AvgIpc) is 2.27. The third-order valence-corrected chi connectivity index (χ3v) is 2.84. The largest absolute Gasteiger partial charge is 0.142 e. The first-order chi connectivity index (χ1) is 5.73. The summed E-state index contributed by atoms with van der Waals surface area (Å²) in [6.45, 7) is 13.5. The fraction of sp³-hybridized carbons (Fsp3) is 0.667. The van der Waals surface area contributed by atoms with E-state index < -0.39 is 0 Å². The number of hydrogen-bond acceptors (Lipinski definition) is 1. The molecule has 1 heterocycles. The summed E-state index contributed by atoms with van der Waals surface area (Å²) in [4.78, 5) is 0. The predicted molar refractivity (Wildman–Crippen MR) is 60.6 cm³/mol. The van der Waals surface area contributed by atoms with Crippen molar-refractivity contribution in [1.82, 2.24) is 0 Å². The van der Waals surface area contributed by atoms with Gasteiger partial charge in [-0.2, -0.15) is 0 Å². The van der Waals surface area contributed by atoms with E-state index in [0.29, 0.717) is 0 Å². The molecule has 0 amide bonds. The summed E-state index contributed by atoms with van der Waals surface area (Å²) in [7, 11) is 0. The Labute approximate surface area is 86.0 Å². The lowest BCUT2D eigenvalue weighted by atomic mass is 9.78. The topological polar surface area (TPSA) is 0 Å². The second kappa shape index (κ2) is 3.13. The van der Waals surface area contributed by atoms with E-state index in [2.05, 4.69) is 52.3 Å². The van der Waals surface area contributed by atoms with E-state index in [4.69, 9.17) is 0 Å². The predicted octanol–water partition coefficient (Wildman–Crippen LogP) is 4.14. The molecule has 1 aromatic heterocycles. The Morgan fingerprint density at radius 2 is 1.54 bits per heavy atom. The van der Waals surface area contributed by atoms with Crippen LogP contribution < -0.4 is 0 Å². The summed E-state index contributed by atoms with van der Waals surface area (Å²) in [5.41, 5.74) is 3.30. The van der Waals surface area contributed by atoms with E-state index >= 15 is 0 Å². The third-order valence-electron chi connectivity index (χ3n) is 2.17. The van der Waals surface area contributed by atoms with E-state index in [-0.39, 0.29) is 10.8 Å². The summed E-state index contributed by atoms with van der Waals surface area (Å²) >= 11 is 1.69. The van der Waals surface area contributed by atoms with Crippen LogP contribution in [0.25, 0.3) is 0 Å². The van der Waals surface area contributed by atoms with Crippen molar-refractivity contribution < 1.29 is 0 Å². The number of rotatable bonds is 0. The fourth-order valence-electron chi connectivity index (χ4n) is 1.37. The minimum atomic E-state index is 0.225. The minimum Gasteiger partial charge on any atom is -0.142 e. The number of hydrogen-bond donors (Lipinski definition) is 0. The first-order valence-electron chi connectivity index (χ1n) is 4.73. The van der Waals surface area contributed by atoms with Gasteiger partial charge in [-0.25, -0.2) is 0 Å². The lowest BCUT2D eigenvalue weighted by molar-refractivity contribution is 0.534. The molecule has 1 radical (unpaired) electrons. The SMILES string of the molecule is CC(C)(C)c1[c]scc1C(C)(C)C. The van der Waals surface area contributed by atoms with Gasteiger partial charge in [0.15, 0.2) is 0 Å². The standard InChI is InChI=1S/C12H19S/c1-11(2,3)9-7-13-8-10(9)12(4,5)6/h7H,1-6H3. The summed E-state index contributed by atoms with van der Waals surface area (Å²) in [5.74, 6) is 0. The maximum Gasteiger partial charge on any atom is 0.0486 e. The molecule has 1 rings (SSSR count). The second-order valence-electron chi connectivity index (χ2n) is 5.63. The summed E-state index contributed by atoms with van der Waals surface area (Å²) in [6, 6.07) is 0. The van der Waals surface area contributed by atoms with Crippen molar-refractivity contribution in [3.05, 3.63) is 21.9 Å². The quantitative estimate of drug-likeness (QED) is 0.583. The fourth-order valence-corrected chi connectivity index (χ4v) is 2.55. The molecule has 0 N–H and O–H groups in total. The van der Waals surface area contributed by atoms with Crippen molar-refractivity contribution in [1.29, 1.82) is 0 Å². The maximum absolute atomic E-state index is 3.39. The van der Waals surface area contributed by atoms with Crippen LogP contribution in [0.3, 0.4) is 0 Å². The summed E-state index contributed by atoms with van der Waals surface area (Å²) in [5, 5.41) is 5.63. The Morgan fingerprint density at radius 1 is 1.00 bits per heavy atom. The highest BCUT2D eigenvalue weighted by molar-refractivity contribution is 7.07. The van der Waals surface area contributed by atoms with E-state index in [9.17, 15) is 0 Å². The van der Waals surface area contributed by atoms with Gasteiger partial charge in [0.25, 0.3) is 0 Å². The average molecular weight is 195 g/mol. The molecule has 13 heavy (non-hydrogen) atoms. The zero-order valence-electron chi connectivity index (χ0n) is 9.49. The zero-order chi connectivity index (χ0) is 10.3. The van der Waals surface area contributed by atoms with Gasteiger partial charge in [0, 0.05) is 5.38 Å². The smallest absolute Gasteiger partial charge is 0.0486 e. The van der Waals surface area contributed by atoms with Gasteiger partial charge in [0.2, 0.25) is 0 Å². The molecule has 0 unspecified atom stereocenters. The summed E-state index contributed by atoms with van der Waals surface area (Å²) in [6.07, 6.45) is 0. The highest BCUT2D eigenvalue weighted by Gasteiger charge is 2.25. The highest BCUT2D eigenvalue weighted by Crippen LogP contribution is 2.35. The van der Waals surface area contributed by atoms with Gasteiger partial charge in [-0.15, -0.1) is 11.3 Å². The molecule has 0 aliphatic carbocycles. The molecule has 0 saturated heterocycles. The Kier molecular flexibility index (Phi) is 2.59. The molecule has 0 aliphatic heterocycles. The first kappa shape index (κ1) is 10.8. The van der Waals surface area contributed by atoms with Crippen LogP contribution in [0.5, 0.6) is 0 Å². The van der Waals surface area contributed by atoms with Crippen LogP contribution in [0.1, 0.15) is 52.7 Å². The Balaban J connectivity index is 3.19. The van der Waals surface area contributed by atoms with Crippen molar-refractivity contribution in [2.75, 3.05) is 0 Å². The summed E-state index contributed by atoms with van der Waals surface area (Å²) < 4.78 is 0. The van der Waals surface area contributed by atoms with Crippen LogP contribution in [0, 0.1) is 5.38 Å². The second-order valence-corrected chi connectivity index (χ2v) is 6.30. The third kappa shape index (κ3) is 2.34. The van der Waals surface area contributed by atoms with Crippen LogP contribution in [0.4, 0.5) is 0 Å². The van der Waals surface area contributed by atoms with E-state index in [0.717, 1.165) is 0 Å². The van der Waals surface area contributed by atoms with E-state index in [1.807, 2.05) is 0 Å². The van der Waals surface area contributed by atoms with E-state index in [1.165, 1.54) is 11.1 Å². The van der Waals surface area contributed by atoms with Crippen LogP contribution in [-0.2, 0) is 10.8 Å². The first-order valence-corrected chi connectivity index (χ1v) is 5.61. The molecule has 0 spiro atoms. The highest BCUT2D eigenvalue weighted by atomic mass is 32.1. The van der Waals surface area contributed by atoms with Gasteiger partial charge < -0.3 is 0 Å². The van der Waals surface area contributed by atoms with Gasteiger partial charge >= 0.3 is 0 Å². The molecule has 73 valence electrons. The molecule has 1 heteroatoms. The lowest BCUT2D eigenvalue weighted by Crippen LogP contribution is -2.19. The molecule has 0 fully saturated rings. The van der Waals surface area contributed by atoms with Crippen LogP contribution in [-0.4, -0.2) is 0 Å². The van der Waals surface area contributed by atoms with Crippen molar-refractivity contribution in [2.45, 2.75) is 52.4 Å². The lowest BCUT2D eigenvalue weighted by Gasteiger charge is -2.26. The Bertz CT molecular complexity index is 252. The van der Waals surface area contributed by atoms with Gasteiger partial charge in [0.1, 0.15) is 0 Å². The van der Waals surface area contributed by atoms with E-state index in [1.54, 1.807) is 11.3 Å². The van der Waals surface area contributed by atoms with Crippen LogP contribution in [0.2, 0.25) is 0 Å². The van der Waals surface area contributed by atoms with Gasteiger partial charge in [-0.1, -0.05) is 41.5 Å². The molecular formula is C12H19S. The number of thiophene rings is 1. The van der Waals surface area contributed by atoms with Gasteiger partial charge in [-0.05, 0) is 27.3 Å². The van der Waals surface area contributed by atoms with Gasteiger partial charge in [0.05, 0.1) is 0 Å². The van der Waals surface area contributed by atoms with Gasteiger partial charge in [-0.3, -0.25) is 0 Å². The Morgan fingerprint density at radius 3 is 1.85 bits per heavy atom. The molecule has 0 aromatic carbocycles. The van der Waals surface area contributed by atoms with Crippen molar-refractivity contribution >= 4 is 11.3 Å². The molecule has 0 aliphatic rings.